The maximum Gasteiger partial charge on any atom is 0.414 e. The molecule has 0 aliphatic heterocycles. The largest absolute Gasteiger partial charge is 0.414 e. The Labute approximate surface area is 101 Å². The van der Waals surface area contributed by atoms with Gasteiger partial charge >= 0.3 is 6.18 Å². The maximum atomic E-state index is 13.5. The molecule has 1 rings (SSSR count). The van der Waals surface area contributed by atoms with Crippen molar-refractivity contribution < 1.29 is 27.1 Å². The first-order valence-electron chi connectivity index (χ1n) is 5.03. The predicted octanol–water partition coefficient (Wildman–Crippen LogP) is 2.50. The van der Waals surface area contributed by atoms with Crippen LogP contribution in [-0.2, 0) is 6.42 Å². The Bertz CT molecular complexity index is 430. The molecule has 0 radical (unpaired) electrons. The molecule has 0 aliphatic carbocycles. The summed E-state index contributed by atoms with van der Waals surface area (Å²) in [4.78, 5) is 1.16. The summed E-state index contributed by atoms with van der Waals surface area (Å²) >= 11 is 0. The van der Waals surface area contributed by atoms with Crippen molar-refractivity contribution in [1.29, 1.82) is 0 Å². The Balaban J connectivity index is 3.14. The van der Waals surface area contributed by atoms with E-state index in [1.165, 1.54) is 14.1 Å². The second kappa shape index (κ2) is 5.09. The third-order valence-corrected chi connectivity index (χ3v) is 2.39. The molecule has 1 atom stereocenters. The summed E-state index contributed by atoms with van der Waals surface area (Å²) in [7, 11) is 2.75. The van der Waals surface area contributed by atoms with E-state index in [9.17, 15) is 22.0 Å². The van der Waals surface area contributed by atoms with Crippen LogP contribution in [0.5, 0.6) is 0 Å². The average molecular weight is 269 g/mol. The second-order valence-electron chi connectivity index (χ2n) is 4.03. The number of benzene rings is 1. The van der Waals surface area contributed by atoms with Gasteiger partial charge in [0.2, 0.25) is 0 Å². The number of halogens is 5. The number of anilines is 1. The number of aliphatic hydroxyl groups excluding tert-OH is 1. The standard InChI is InChI=1S/C11H12F5NO/c1-17(2)10-6(3-4-7(12)9(10)13)5-8(18)11(14,15)16/h3-4,8,18H,5H2,1-2H3. The normalized spacial score (nSPS) is 13.6. The molecule has 1 aromatic carbocycles. The quantitative estimate of drug-likeness (QED) is 0.852. The van der Waals surface area contributed by atoms with E-state index in [4.69, 9.17) is 5.11 Å². The van der Waals surface area contributed by atoms with Gasteiger partial charge in [-0.2, -0.15) is 13.2 Å². The van der Waals surface area contributed by atoms with Crippen molar-refractivity contribution >= 4 is 5.69 Å². The molecule has 0 aliphatic rings. The van der Waals surface area contributed by atoms with Crippen LogP contribution in [0.15, 0.2) is 12.1 Å². The van der Waals surface area contributed by atoms with Crippen LogP contribution in [-0.4, -0.2) is 31.5 Å². The molecule has 0 fully saturated rings. The van der Waals surface area contributed by atoms with Crippen LogP contribution in [0.25, 0.3) is 0 Å². The summed E-state index contributed by atoms with van der Waals surface area (Å²) in [5, 5.41) is 8.95. The highest BCUT2D eigenvalue weighted by atomic mass is 19.4. The van der Waals surface area contributed by atoms with Gasteiger partial charge in [0.15, 0.2) is 17.7 Å². The molecule has 0 saturated carbocycles. The van der Waals surface area contributed by atoms with E-state index < -0.39 is 30.3 Å². The highest BCUT2D eigenvalue weighted by Crippen LogP contribution is 2.29. The molecule has 0 spiro atoms. The number of alkyl halides is 3. The molecule has 0 saturated heterocycles. The first kappa shape index (κ1) is 14.7. The van der Waals surface area contributed by atoms with Gasteiger partial charge in [0, 0.05) is 20.5 Å². The van der Waals surface area contributed by atoms with Crippen LogP contribution in [0.2, 0.25) is 0 Å². The van der Waals surface area contributed by atoms with Crippen LogP contribution in [0.3, 0.4) is 0 Å². The van der Waals surface area contributed by atoms with E-state index >= 15 is 0 Å². The van der Waals surface area contributed by atoms with Crippen LogP contribution in [0.4, 0.5) is 27.6 Å². The Hall–Kier alpha value is -1.37. The summed E-state index contributed by atoms with van der Waals surface area (Å²) in [5.41, 5.74) is -0.401. The minimum absolute atomic E-state index is 0.108. The third-order valence-electron chi connectivity index (χ3n) is 2.39. The van der Waals surface area contributed by atoms with Crippen LogP contribution in [0.1, 0.15) is 5.56 Å². The first-order valence-corrected chi connectivity index (χ1v) is 5.03. The van der Waals surface area contributed by atoms with Crippen molar-refractivity contribution in [2.24, 2.45) is 0 Å². The van der Waals surface area contributed by atoms with Gasteiger partial charge in [-0.15, -0.1) is 0 Å². The van der Waals surface area contributed by atoms with Crippen LogP contribution < -0.4 is 4.90 Å². The summed E-state index contributed by atoms with van der Waals surface area (Å²) in [6.07, 6.45) is -8.23. The summed E-state index contributed by atoms with van der Waals surface area (Å²) in [5.74, 6) is -2.38. The lowest BCUT2D eigenvalue weighted by Crippen LogP contribution is -2.31. The van der Waals surface area contributed by atoms with Gasteiger partial charge in [-0.1, -0.05) is 6.07 Å². The minimum Gasteiger partial charge on any atom is -0.383 e. The smallest absolute Gasteiger partial charge is 0.383 e. The van der Waals surface area contributed by atoms with Crippen molar-refractivity contribution in [1.82, 2.24) is 0 Å². The first-order chi connectivity index (χ1) is 8.14. The van der Waals surface area contributed by atoms with Crippen molar-refractivity contribution in [2.45, 2.75) is 18.7 Å². The van der Waals surface area contributed by atoms with Crippen molar-refractivity contribution in [3.05, 3.63) is 29.3 Å². The molecule has 0 aromatic heterocycles. The van der Waals surface area contributed by atoms with Gasteiger partial charge in [-0.25, -0.2) is 8.78 Å². The van der Waals surface area contributed by atoms with E-state index in [-0.39, 0.29) is 11.3 Å². The number of hydrogen-bond donors (Lipinski definition) is 1. The topological polar surface area (TPSA) is 23.5 Å². The maximum absolute atomic E-state index is 13.5. The monoisotopic (exact) mass is 269 g/mol. The lowest BCUT2D eigenvalue weighted by Gasteiger charge is -2.21. The van der Waals surface area contributed by atoms with Gasteiger partial charge in [-0.05, 0) is 11.6 Å². The van der Waals surface area contributed by atoms with E-state index in [0.717, 1.165) is 17.0 Å². The Morgan fingerprint density at radius 1 is 1.22 bits per heavy atom. The van der Waals surface area contributed by atoms with Crippen molar-refractivity contribution in [3.8, 4) is 0 Å². The van der Waals surface area contributed by atoms with Crippen molar-refractivity contribution in [3.63, 3.8) is 0 Å². The predicted molar refractivity (Wildman–Crippen MR) is 56.5 cm³/mol. The molecule has 0 bridgehead atoms. The second-order valence-corrected chi connectivity index (χ2v) is 4.03. The summed E-state index contributed by atoms with van der Waals surface area (Å²) in [6.45, 7) is 0. The minimum atomic E-state index is -4.80. The summed E-state index contributed by atoms with van der Waals surface area (Å²) in [6, 6.07) is 1.77. The molecule has 0 amide bonds. The van der Waals surface area contributed by atoms with E-state index in [2.05, 4.69) is 0 Å². The molecule has 18 heavy (non-hydrogen) atoms. The van der Waals surface area contributed by atoms with Gasteiger partial charge in [0.25, 0.3) is 0 Å². The fourth-order valence-corrected chi connectivity index (χ4v) is 1.55. The number of hydrogen-bond acceptors (Lipinski definition) is 2. The molecule has 0 heterocycles. The zero-order valence-electron chi connectivity index (χ0n) is 9.72. The van der Waals surface area contributed by atoms with Gasteiger partial charge in [0.05, 0.1) is 5.69 Å². The Kier molecular flexibility index (Phi) is 4.16. The number of rotatable bonds is 3. The fraction of sp³-hybridized carbons (Fsp3) is 0.455. The van der Waals surface area contributed by atoms with Crippen LogP contribution >= 0.6 is 0 Å². The van der Waals surface area contributed by atoms with E-state index in [1.807, 2.05) is 0 Å². The molecule has 1 N–H and O–H groups in total. The Morgan fingerprint density at radius 3 is 2.22 bits per heavy atom. The molecule has 102 valence electrons. The number of aliphatic hydroxyl groups is 1. The molecule has 1 aromatic rings. The molecule has 1 unspecified atom stereocenters. The molecule has 7 heteroatoms. The van der Waals surface area contributed by atoms with Crippen molar-refractivity contribution in [2.75, 3.05) is 19.0 Å². The molecule has 2 nitrogen and oxygen atoms in total. The fourth-order valence-electron chi connectivity index (χ4n) is 1.55. The van der Waals surface area contributed by atoms with Gasteiger partial charge < -0.3 is 10.0 Å². The van der Waals surface area contributed by atoms with Gasteiger partial charge in [0.1, 0.15) is 0 Å². The Morgan fingerprint density at radius 2 is 1.78 bits per heavy atom. The molecular formula is C11H12F5NO. The highest BCUT2D eigenvalue weighted by Gasteiger charge is 2.38. The zero-order chi connectivity index (χ0) is 14.1. The zero-order valence-corrected chi connectivity index (χ0v) is 9.72. The van der Waals surface area contributed by atoms with Crippen LogP contribution in [0, 0.1) is 11.6 Å². The highest BCUT2D eigenvalue weighted by molar-refractivity contribution is 5.54. The lowest BCUT2D eigenvalue weighted by molar-refractivity contribution is -0.203. The van der Waals surface area contributed by atoms with E-state index in [0.29, 0.717) is 0 Å². The third kappa shape index (κ3) is 3.10. The number of nitrogens with zero attached hydrogens (tertiary/aromatic N) is 1. The SMILES string of the molecule is CN(C)c1c(CC(O)C(F)(F)F)ccc(F)c1F. The lowest BCUT2D eigenvalue weighted by atomic mass is 10.0. The molecular weight excluding hydrogens is 257 g/mol. The average Bonchev–Trinajstić information content (AvgIpc) is 2.21. The summed E-state index contributed by atoms with van der Waals surface area (Å²) < 4.78 is 63.1. The van der Waals surface area contributed by atoms with E-state index in [1.54, 1.807) is 0 Å². The van der Waals surface area contributed by atoms with Gasteiger partial charge in [-0.3, -0.25) is 0 Å².